The van der Waals surface area contributed by atoms with Crippen LogP contribution in [0.1, 0.15) is 10.4 Å². The molecule has 6 aromatic rings. The number of pyridine rings is 2. The first-order valence-corrected chi connectivity index (χ1v) is 26.9. The van der Waals surface area contributed by atoms with Crippen LogP contribution < -0.4 is 9.47 Å². The lowest BCUT2D eigenvalue weighted by Gasteiger charge is -2.15. The summed E-state index contributed by atoms with van der Waals surface area (Å²) in [5.41, 5.74) is 4.25. The summed E-state index contributed by atoms with van der Waals surface area (Å²) in [6, 6.07) is 19.9. The standard InChI is InChI=1S/C20H24ClN3O4Si.C19H23BrClN3O2Si/c1-27-16-7-5-13(20(25)26)11-15(16)18-14-6-8-17(21)22-19(14)24(23-18)12-28-9-10-29(2,3)4;1-25-16-7-5-13(20)11-15(16)18-14-6-8-17(21)22-19(14)24(23-18)12-26-9-10-27(2,3)4/h5-8,11H,9-10,12H2,1-4H3,(H,25,26);5-8,11H,9-10,12H2,1-4H3. The van der Waals surface area contributed by atoms with Crippen molar-refractivity contribution >= 4 is 83.3 Å². The molecule has 4 aromatic heterocycles. The SMILES string of the molecule is COc1ccc(Br)cc1-c1nn(COCC[Si](C)(C)C)c2nc(Cl)ccc12.COc1ccc(C(=O)O)cc1-c1nn(COCC[Si](C)(C)C)c2nc(Cl)ccc12. The number of carboxylic acid groups (broad SMARTS) is 1. The Morgan fingerprint density at radius 3 is 1.57 bits per heavy atom. The second-order valence-corrected chi connectivity index (χ2v) is 28.4. The highest BCUT2D eigenvalue weighted by Crippen LogP contribution is 2.37. The minimum atomic E-state index is -1.20. The van der Waals surface area contributed by atoms with E-state index in [1.807, 2.05) is 30.3 Å². The number of fused-ring (bicyclic) bond motifs is 2. The van der Waals surface area contributed by atoms with E-state index in [1.165, 1.54) is 13.2 Å². The van der Waals surface area contributed by atoms with Gasteiger partial charge in [0.05, 0.1) is 19.8 Å². The van der Waals surface area contributed by atoms with Crippen LogP contribution in [-0.2, 0) is 22.9 Å². The van der Waals surface area contributed by atoms with Crippen LogP contribution in [-0.4, -0.2) is 84.2 Å². The van der Waals surface area contributed by atoms with Crippen LogP contribution in [0.25, 0.3) is 44.6 Å². The zero-order valence-corrected chi connectivity index (χ0v) is 37.9. The molecule has 0 aliphatic heterocycles. The molecule has 0 spiro atoms. The number of halogens is 3. The average Bonchev–Trinajstić information content (AvgIpc) is 3.68. The summed E-state index contributed by atoms with van der Waals surface area (Å²) in [6.07, 6.45) is 0. The highest BCUT2D eigenvalue weighted by atomic mass is 79.9. The van der Waals surface area contributed by atoms with Gasteiger partial charge in [-0.3, -0.25) is 0 Å². The van der Waals surface area contributed by atoms with Crippen LogP contribution in [0.5, 0.6) is 11.5 Å². The van der Waals surface area contributed by atoms with Crippen LogP contribution in [0.2, 0.25) is 61.7 Å². The number of carboxylic acids is 1. The zero-order chi connectivity index (χ0) is 40.8. The molecule has 1 N–H and O–H groups in total. The maximum Gasteiger partial charge on any atom is 0.335 e. The van der Waals surface area contributed by atoms with E-state index in [0.29, 0.717) is 58.6 Å². The minimum absolute atomic E-state index is 0.150. The molecule has 0 amide bonds. The minimum Gasteiger partial charge on any atom is -0.496 e. The first kappa shape index (κ1) is 43.3. The van der Waals surface area contributed by atoms with Crippen LogP contribution in [0, 0.1) is 0 Å². The van der Waals surface area contributed by atoms with Gasteiger partial charge in [-0.2, -0.15) is 10.2 Å². The van der Waals surface area contributed by atoms with Crippen molar-refractivity contribution in [2.75, 3.05) is 27.4 Å². The van der Waals surface area contributed by atoms with Gasteiger partial charge < -0.3 is 24.1 Å². The van der Waals surface area contributed by atoms with Crippen molar-refractivity contribution in [3.8, 4) is 34.0 Å². The third kappa shape index (κ3) is 11.2. The molecule has 17 heteroatoms. The molecule has 0 saturated heterocycles. The largest absolute Gasteiger partial charge is 0.496 e. The Morgan fingerprint density at radius 1 is 0.696 bits per heavy atom. The third-order valence-corrected chi connectivity index (χ3v) is 13.0. The van der Waals surface area contributed by atoms with Crippen LogP contribution in [0.15, 0.2) is 65.1 Å². The lowest BCUT2D eigenvalue weighted by Crippen LogP contribution is -2.22. The topological polar surface area (TPSA) is 136 Å². The van der Waals surface area contributed by atoms with Crippen molar-refractivity contribution in [3.05, 3.63) is 81.0 Å². The quantitative estimate of drug-likeness (QED) is 0.0603. The molecule has 0 aliphatic rings. The summed E-state index contributed by atoms with van der Waals surface area (Å²) in [7, 11) is 0.852. The number of rotatable bonds is 15. The molecule has 0 radical (unpaired) electrons. The summed E-state index contributed by atoms with van der Waals surface area (Å²) >= 11 is 15.8. The average molecular weight is 903 g/mol. The van der Waals surface area contributed by atoms with Gasteiger partial charge in [0.1, 0.15) is 46.7 Å². The Kier molecular flexibility index (Phi) is 14.4. The monoisotopic (exact) mass is 900 g/mol. The molecular weight excluding hydrogens is 855 g/mol. The molecule has 4 heterocycles. The molecule has 0 bridgehead atoms. The Hall–Kier alpha value is -3.84. The van der Waals surface area contributed by atoms with E-state index in [0.717, 1.165) is 44.3 Å². The summed E-state index contributed by atoms with van der Waals surface area (Å²) in [6.45, 7) is 15.8. The van der Waals surface area contributed by atoms with E-state index < -0.39 is 22.1 Å². The Labute approximate surface area is 347 Å². The molecule has 0 aliphatic carbocycles. The van der Waals surface area contributed by atoms with Crippen LogP contribution in [0.4, 0.5) is 0 Å². The van der Waals surface area contributed by atoms with Crippen LogP contribution in [0.3, 0.4) is 0 Å². The first-order valence-electron chi connectivity index (χ1n) is 17.9. The normalized spacial score (nSPS) is 11.8. The lowest BCUT2D eigenvalue weighted by atomic mass is 10.0. The summed E-state index contributed by atoms with van der Waals surface area (Å²) in [5, 5.41) is 21.2. The molecule has 56 heavy (non-hydrogen) atoms. The van der Waals surface area contributed by atoms with Crippen molar-refractivity contribution in [1.29, 1.82) is 0 Å². The van der Waals surface area contributed by atoms with E-state index >= 15 is 0 Å². The van der Waals surface area contributed by atoms with Crippen molar-refractivity contribution in [2.24, 2.45) is 0 Å². The Morgan fingerprint density at radius 2 is 1.14 bits per heavy atom. The van der Waals surface area contributed by atoms with Gasteiger partial charge in [0.2, 0.25) is 0 Å². The van der Waals surface area contributed by atoms with Gasteiger partial charge >= 0.3 is 5.97 Å². The van der Waals surface area contributed by atoms with Gasteiger partial charge in [-0.05, 0) is 72.8 Å². The Bertz CT molecular complexity index is 2330. The number of methoxy groups -OCH3 is 2. The molecule has 298 valence electrons. The number of hydrogen-bond donors (Lipinski definition) is 1. The molecule has 6 rings (SSSR count). The van der Waals surface area contributed by atoms with E-state index in [4.69, 9.17) is 47.2 Å². The van der Waals surface area contributed by atoms with Crippen molar-refractivity contribution in [2.45, 2.75) is 64.8 Å². The molecule has 0 saturated carbocycles. The smallest absolute Gasteiger partial charge is 0.335 e. The highest BCUT2D eigenvalue weighted by molar-refractivity contribution is 9.10. The zero-order valence-electron chi connectivity index (χ0n) is 32.8. The molecule has 0 fully saturated rings. The van der Waals surface area contributed by atoms with Gasteiger partial charge in [-0.25, -0.2) is 24.1 Å². The molecule has 12 nitrogen and oxygen atoms in total. The van der Waals surface area contributed by atoms with Gasteiger partial charge in [-0.1, -0.05) is 78.4 Å². The van der Waals surface area contributed by atoms with E-state index in [9.17, 15) is 9.90 Å². The maximum atomic E-state index is 11.4. The second kappa shape index (κ2) is 18.6. The summed E-state index contributed by atoms with van der Waals surface area (Å²) < 4.78 is 27.1. The third-order valence-electron chi connectivity index (χ3n) is 8.66. The Balaban J connectivity index is 0.000000215. The van der Waals surface area contributed by atoms with Gasteiger partial charge in [0.25, 0.3) is 0 Å². The predicted molar refractivity (Wildman–Crippen MR) is 232 cm³/mol. The van der Waals surface area contributed by atoms with Gasteiger partial charge in [-0.15, -0.1) is 0 Å². The number of hydrogen-bond acceptors (Lipinski definition) is 9. The number of benzene rings is 2. The van der Waals surface area contributed by atoms with Crippen LogP contribution >= 0.6 is 39.1 Å². The summed E-state index contributed by atoms with van der Waals surface area (Å²) in [4.78, 5) is 20.3. The fourth-order valence-electron chi connectivity index (χ4n) is 5.59. The van der Waals surface area contributed by atoms with E-state index in [2.05, 4.69) is 70.3 Å². The van der Waals surface area contributed by atoms with E-state index in [-0.39, 0.29) is 12.3 Å². The summed E-state index contributed by atoms with van der Waals surface area (Å²) in [5.74, 6) is 0.254. The maximum absolute atomic E-state index is 11.4. The number of nitrogens with zero attached hydrogens (tertiary/aromatic N) is 6. The number of carbonyl (C=O) groups is 1. The molecular formula is C39H47BrCl2N6O6Si2. The van der Waals surface area contributed by atoms with E-state index in [1.54, 1.807) is 40.7 Å². The van der Waals surface area contributed by atoms with Crippen molar-refractivity contribution in [1.82, 2.24) is 29.5 Å². The van der Waals surface area contributed by atoms with Crippen molar-refractivity contribution < 1.29 is 28.8 Å². The van der Waals surface area contributed by atoms with Gasteiger partial charge in [0.15, 0.2) is 11.3 Å². The highest BCUT2D eigenvalue weighted by Gasteiger charge is 2.21. The number of aromatic carboxylic acids is 1. The second-order valence-electron chi connectivity index (χ2n) is 15.5. The lowest BCUT2D eigenvalue weighted by molar-refractivity contribution is 0.0696. The van der Waals surface area contributed by atoms with Gasteiger partial charge in [0, 0.05) is 55.7 Å². The fourth-order valence-corrected chi connectivity index (χ4v) is 7.75. The number of aromatic nitrogens is 6. The van der Waals surface area contributed by atoms with Crippen molar-refractivity contribution in [3.63, 3.8) is 0 Å². The molecule has 0 unspecified atom stereocenters. The number of ether oxygens (including phenoxy) is 4. The fraction of sp³-hybridized carbons (Fsp3) is 0.359. The molecule has 0 atom stereocenters. The molecule has 2 aromatic carbocycles. The first-order chi connectivity index (χ1) is 26.5. The predicted octanol–water partition coefficient (Wildman–Crippen LogP) is 10.6.